The number of ether oxygens (including phenoxy) is 1. The molecule has 25 heavy (non-hydrogen) atoms. The summed E-state index contributed by atoms with van der Waals surface area (Å²) >= 11 is 0. The van der Waals surface area contributed by atoms with Crippen LogP contribution in [0.3, 0.4) is 0 Å². The van der Waals surface area contributed by atoms with Crippen molar-refractivity contribution in [1.82, 2.24) is 20.1 Å². The van der Waals surface area contributed by atoms with Gasteiger partial charge in [0, 0.05) is 24.2 Å². The van der Waals surface area contributed by atoms with Gasteiger partial charge in [0.2, 0.25) is 0 Å². The van der Waals surface area contributed by atoms with Crippen LogP contribution in [-0.4, -0.2) is 39.9 Å². The summed E-state index contributed by atoms with van der Waals surface area (Å²) in [5.41, 5.74) is 1.36. The number of fused-ring (bicyclic) bond motifs is 1. The predicted octanol–water partition coefficient (Wildman–Crippen LogP) is 3.34. The number of amides is 1. The van der Waals surface area contributed by atoms with E-state index in [9.17, 15) is 4.79 Å². The standard InChI is InChI=1S/C19H28N4O2/c1-13(2)23-18-15(12-22-23)10-16(11-21-18)19(24)20-8-9-25-17-7-5-4-6-14(17)3/h10-14,17H,4-9H2,1-3H3,(H,20,24)/t14-,17+/m1/s1. The molecule has 1 fully saturated rings. The minimum absolute atomic E-state index is 0.119. The van der Waals surface area contributed by atoms with E-state index in [4.69, 9.17) is 4.74 Å². The van der Waals surface area contributed by atoms with Gasteiger partial charge in [-0.2, -0.15) is 5.10 Å². The highest BCUT2D eigenvalue weighted by Crippen LogP contribution is 2.26. The molecule has 2 aromatic rings. The summed E-state index contributed by atoms with van der Waals surface area (Å²) in [6.07, 6.45) is 8.64. The van der Waals surface area contributed by atoms with Gasteiger partial charge in [0.25, 0.3) is 5.91 Å². The van der Waals surface area contributed by atoms with E-state index in [-0.39, 0.29) is 11.9 Å². The molecule has 136 valence electrons. The minimum Gasteiger partial charge on any atom is -0.376 e. The molecule has 0 aliphatic heterocycles. The van der Waals surface area contributed by atoms with Crippen molar-refractivity contribution in [2.75, 3.05) is 13.2 Å². The van der Waals surface area contributed by atoms with Crippen LogP contribution in [0, 0.1) is 5.92 Å². The Bertz CT molecular complexity index is 725. The topological polar surface area (TPSA) is 69.0 Å². The second kappa shape index (κ2) is 7.95. The number of nitrogens with one attached hydrogen (secondary N) is 1. The number of hydrogen-bond acceptors (Lipinski definition) is 4. The molecule has 3 rings (SSSR count). The summed E-state index contributed by atoms with van der Waals surface area (Å²) in [6, 6.07) is 2.08. The maximum Gasteiger partial charge on any atom is 0.252 e. The molecule has 6 heteroatoms. The van der Waals surface area contributed by atoms with E-state index in [0.29, 0.717) is 30.7 Å². The second-order valence-electron chi connectivity index (χ2n) is 7.25. The molecule has 0 saturated heterocycles. The molecule has 0 aromatic carbocycles. The molecule has 1 N–H and O–H groups in total. The van der Waals surface area contributed by atoms with Crippen LogP contribution in [0.25, 0.3) is 11.0 Å². The molecule has 2 aromatic heterocycles. The zero-order valence-corrected chi connectivity index (χ0v) is 15.4. The zero-order valence-electron chi connectivity index (χ0n) is 15.4. The largest absolute Gasteiger partial charge is 0.376 e. The van der Waals surface area contributed by atoms with E-state index in [1.165, 1.54) is 19.3 Å². The van der Waals surface area contributed by atoms with Crippen LogP contribution >= 0.6 is 0 Å². The van der Waals surface area contributed by atoms with Crippen LogP contribution in [0.1, 0.15) is 62.9 Å². The Morgan fingerprint density at radius 1 is 1.36 bits per heavy atom. The first kappa shape index (κ1) is 17.9. The fourth-order valence-electron chi connectivity index (χ4n) is 3.45. The lowest BCUT2D eigenvalue weighted by molar-refractivity contribution is -0.00293. The summed E-state index contributed by atoms with van der Waals surface area (Å²) in [6.45, 7) is 7.44. The van der Waals surface area contributed by atoms with Gasteiger partial charge in [-0.15, -0.1) is 0 Å². The molecule has 0 bridgehead atoms. The van der Waals surface area contributed by atoms with Crippen molar-refractivity contribution in [3.8, 4) is 0 Å². The van der Waals surface area contributed by atoms with Crippen molar-refractivity contribution in [2.24, 2.45) is 5.92 Å². The average molecular weight is 344 g/mol. The Hall–Kier alpha value is -1.95. The molecule has 0 spiro atoms. The molecule has 2 heterocycles. The predicted molar refractivity (Wildman–Crippen MR) is 97.6 cm³/mol. The number of hydrogen-bond donors (Lipinski definition) is 1. The van der Waals surface area contributed by atoms with Crippen molar-refractivity contribution in [3.05, 3.63) is 24.0 Å². The van der Waals surface area contributed by atoms with Gasteiger partial charge < -0.3 is 10.1 Å². The first-order valence-electron chi connectivity index (χ1n) is 9.29. The van der Waals surface area contributed by atoms with Gasteiger partial charge in [0.1, 0.15) is 0 Å². The number of pyridine rings is 1. The van der Waals surface area contributed by atoms with Gasteiger partial charge in [-0.3, -0.25) is 4.79 Å². The van der Waals surface area contributed by atoms with Crippen LogP contribution < -0.4 is 5.32 Å². The Labute approximate surface area is 149 Å². The number of aromatic nitrogens is 3. The molecule has 1 aliphatic carbocycles. The first-order chi connectivity index (χ1) is 12.1. The number of nitrogens with zero attached hydrogens (tertiary/aromatic N) is 3. The molecule has 1 aliphatic rings. The van der Waals surface area contributed by atoms with E-state index < -0.39 is 0 Å². The van der Waals surface area contributed by atoms with E-state index in [1.807, 2.05) is 10.7 Å². The smallest absolute Gasteiger partial charge is 0.252 e. The van der Waals surface area contributed by atoms with Crippen LogP contribution in [0.2, 0.25) is 0 Å². The molecule has 0 radical (unpaired) electrons. The molecule has 1 saturated carbocycles. The third-order valence-corrected chi connectivity index (χ3v) is 4.94. The van der Waals surface area contributed by atoms with E-state index in [2.05, 4.69) is 36.2 Å². The highest BCUT2D eigenvalue weighted by molar-refractivity contribution is 5.96. The third kappa shape index (κ3) is 4.18. The quantitative estimate of drug-likeness (QED) is 0.816. The SMILES string of the molecule is CC(C)n1ncc2cc(C(=O)NCCO[C@H]3CCCC[C@H]3C)cnc21. The van der Waals surface area contributed by atoms with E-state index >= 15 is 0 Å². The summed E-state index contributed by atoms with van der Waals surface area (Å²) in [5.74, 6) is 0.501. The zero-order chi connectivity index (χ0) is 17.8. The lowest BCUT2D eigenvalue weighted by atomic mass is 9.88. The molecular formula is C19H28N4O2. The second-order valence-corrected chi connectivity index (χ2v) is 7.25. The third-order valence-electron chi connectivity index (χ3n) is 4.94. The minimum atomic E-state index is -0.119. The molecule has 0 unspecified atom stereocenters. The van der Waals surface area contributed by atoms with Gasteiger partial charge in [-0.05, 0) is 38.7 Å². The monoisotopic (exact) mass is 344 g/mol. The van der Waals surface area contributed by atoms with Crippen molar-refractivity contribution >= 4 is 16.9 Å². The van der Waals surface area contributed by atoms with Crippen molar-refractivity contribution in [3.63, 3.8) is 0 Å². The Kier molecular flexibility index (Phi) is 5.68. The number of carbonyl (C=O) groups excluding carboxylic acids is 1. The van der Waals surface area contributed by atoms with E-state index in [1.54, 1.807) is 12.4 Å². The summed E-state index contributed by atoms with van der Waals surface area (Å²) < 4.78 is 7.80. The number of carbonyl (C=O) groups is 1. The van der Waals surface area contributed by atoms with Gasteiger partial charge in [-0.1, -0.05) is 19.8 Å². The fourth-order valence-corrected chi connectivity index (χ4v) is 3.45. The van der Waals surface area contributed by atoms with Crippen molar-refractivity contribution in [2.45, 2.75) is 58.6 Å². The maximum atomic E-state index is 12.3. The van der Waals surface area contributed by atoms with Crippen LogP contribution in [0.15, 0.2) is 18.5 Å². The van der Waals surface area contributed by atoms with Crippen LogP contribution in [-0.2, 0) is 4.74 Å². The van der Waals surface area contributed by atoms with Crippen LogP contribution in [0.5, 0.6) is 0 Å². The Morgan fingerprint density at radius 3 is 2.92 bits per heavy atom. The fraction of sp³-hybridized carbons (Fsp3) is 0.632. The molecule has 2 atom stereocenters. The van der Waals surface area contributed by atoms with Crippen molar-refractivity contribution < 1.29 is 9.53 Å². The highest BCUT2D eigenvalue weighted by atomic mass is 16.5. The summed E-state index contributed by atoms with van der Waals surface area (Å²) in [7, 11) is 0. The van der Waals surface area contributed by atoms with Crippen LogP contribution in [0.4, 0.5) is 0 Å². The lowest BCUT2D eigenvalue weighted by Crippen LogP contribution is -2.31. The average Bonchev–Trinajstić information content (AvgIpc) is 3.03. The van der Waals surface area contributed by atoms with Gasteiger partial charge in [-0.25, -0.2) is 9.67 Å². The summed E-state index contributed by atoms with van der Waals surface area (Å²) in [4.78, 5) is 16.7. The van der Waals surface area contributed by atoms with Crippen molar-refractivity contribution in [1.29, 1.82) is 0 Å². The normalized spacial score (nSPS) is 21.0. The first-order valence-corrected chi connectivity index (χ1v) is 9.29. The highest BCUT2D eigenvalue weighted by Gasteiger charge is 2.21. The van der Waals surface area contributed by atoms with E-state index in [0.717, 1.165) is 17.5 Å². The lowest BCUT2D eigenvalue weighted by Gasteiger charge is -2.28. The Balaban J connectivity index is 1.52. The van der Waals surface area contributed by atoms with Gasteiger partial charge in [0.05, 0.1) is 24.5 Å². The maximum absolute atomic E-state index is 12.3. The Morgan fingerprint density at radius 2 is 2.16 bits per heavy atom. The number of rotatable bonds is 6. The van der Waals surface area contributed by atoms with Gasteiger partial charge in [0.15, 0.2) is 5.65 Å². The molecule has 6 nitrogen and oxygen atoms in total. The molecular weight excluding hydrogens is 316 g/mol. The molecule has 1 amide bonds. The van der Waals surface area contributed by atoms with Gasteiger partial charge >= 0.3 is 0 Å². The summed E-state index contributed by atoms with van der Waals surface area (Å²) in [5, 5.41) is 8.13.